The van der Waals surface area contributed by atoms with E-state index < -0.39 is 0 Å². The normalized spacial score (nSPS) is 12.9. The number of anilines is 1. The fraction of sp³-hybridized carbons (Fsp3) is 0.400. The molecule has 0 aliphatic rings. The summed E-state index contributed by atoms with van der Waals surface area (Å²) in [5, 5.41) is 11.0. The lowest BCUT2D eigenvalue weighted by Gasteiger charge is -2.09. The predicted molar refractivity (Wildman–Crippen MR) is 61.9 cm³/mol. The summed E-state index contributed by atoms with van der Waals surface area (Å²) in [7, 11) is 0. The van der Waals surface area contributed by atoms with Crippen molar-refractivity contribution in [3.05, 3.63) is 28.2 Å². The number of hydrogen-bond donors (Lipinski definition) is 2. The average Bonchev–Trinajstić information content (AvgIpc) is 2.85. The van der Waals surface area contributed by atoms with Gasteiger partial charge in [0.1, 0.15) is 5.82 Å². The van der Waals surface area contributed by atoms with E-state index in [0.29, 0.717) is 11.9 Å². The summed E-state index contributed by atoms with van der Waals surface area (Å²) in [6.07, 6.45) is 2.03. The van der Waals surface area contributed by atoms with Gasteiger partial charge in [0, 0.05) is 5.92 Å². The second-order valence-corrected chi connectivity index (χ2v) is 4.30. The smallest absolute Gasteiger partial charge is 0.239 e. The Morgan fingerprint density at radius 3 is 3.00 bits per heavy atom. The maximum Gasteiger partial charge on any atom is 0.239 e. The van der Waals surface area contributed by atoms with Crippen molar-refractivity contribution < 1.29 is 0 Å². The summed E-state index contributed by atoms with van der Waals surface area (Å²) < 4.78 is 0. The minimum atomic E-state index is 0.328. The van der Waals surface area contributed by atoms with Gasteiger partial charge in [-0.25, -0.2) is 0 Å². The third-order valence-corrected chi connectivity index (χ3v) is 3.19. The molecule has 0 radical (unpaired) electrons. The quantitative estimate of drug-likeness (QED) is 0.833. The van der Waals surface area contributed by atoms with E-state index in [1.54, 1.807) is 11.3 Å². The van der Waals surface area contributed by atoms with Gasteiger partial charge in [0.25, 0.3) is 0 Å². The SMILES string of the molecule is CCC(Cc1ccsc1)c1nc(N)n[nH]1. The predicted octanol–water partition coefficient (Wildman–Crippen LogP) is 2.18. The molecule has 1 atom stereocenters. The third kappa shape index (κ3) is 2.36. The van der Waals surface area contributed by atoms with Crippen LogP contribution in [0.25, 0.3) is 0 Å². The van der Waals surface area contributed by atoms with E-state index in [4.69, 9.17) is 5.73 Å². The van der Waals surface area contributed by atoms with Crippen LogP contribution in [0.15, 0.2) is 16.8 Å². The number of aromatic nitrogens is 3. The van der Waals surface area contributed by atoms with Gasteiger partial charge in [-0.3, -0.25) is 5.10 Å². The van der Waals surface area contributed by atoms with Gasteiger partial charge in [0.15, 0.2) is 0 Å². The van der Waals surface area contributed by atoms with Gasteiger partial charge in [-0.05, 0) is 35.2 Å². The summed E-state index contributed by atoms with van der Waals surface area (Å²) in [4.78, 5) is 4.18. The average molecular weight is 222 g/mol. The number of thiophene rings is 1. The monoisotopic (exact) mass is 222 g/mol. The lowest BCUT2D eigenvalue weighted by Crippen LogP contribution is -2.03. The van der Waals surface area contributed by atoms with Crippen molar-refractivity contribution in [3.63, 3.8) is 0 Å². The first kappa shape index (κ1) is 10.2. The molecule has 2 aromatic heterocycles. The van der Waals surface area contributed by atoms with E-state index in [2.05, 4.69) is 38.9 Å². The molecule has 80 valence electrons. The van der Waals surface area contributed by atoms with Crippen molar-refractivity contribution in [2.24, 2.45) is 0 Å². The second-order valence-electron chi connectivity index (χ2n) is 3.52. The molecule has 5 heteroatoms. The minimum absolute atomic E-state index is 0.328. The molecule has 0 bridgehead atoms. The molecule has 0 fully saturated rings. The standard InChI is InChI=1S/C10H14N4S/c1-2-8(5-7-3-4-15-6-7)9-12-10(11)14-13-9/h3-4,6,8H,2,5H2,1H3,(H3,11,12,13,14). The lowest BCUT2D eigenvalue weighted by molar-refractivity contribution is 0.621. The molecule has 2 heterocycles. The number of rotatable bonds is 4. The Kier molecular flexibility index (Phi) is 3.01. The molecule has 0 saturated carbocycles. The van der Waals surface area contributed by atoms with Gasteiger partial charge in [-0.2, -0.15) is 16.3 Å². The van der Waals surface area contributed by atoms with Crippen LogP contribution in [-0.4, -0.2) is 15.2 Å². The van der Waals surface area contributed by atoms with Crippen LogP contribution >= 0.6 is 11.3 Å². The van der Waals surface area contributed by atoms with Crippen molar-refractivity contribution in [3.8, 4) is 0 Å². The zero-order valence-corrected chi connectivity index (χ0v) is 9.42. The molecule has 0 aromatic carbocycles. The fourth-order valence-electron chi connectivity index (χ4n) is 1.60. The first-order valence-electron chi connectivity index (χ1n) is 4.98. The maximum atomic E-state index is 5.49. The number of nitrogens with two attached hydrogens (primary N) is 1. The number of nitrogens with zero attached hydrogens (tertiary/aromatic N) is 2. The van der Waals surface area contributed by atoms with Crippen molar-refractivity contribution >= 4 is 17.3 Å². The topological polar surface area (TPSA) is 67.6 Å². The molecule has 0 aliphatic carbocycles. The molecule has 4 nitrogen and oxygen atoms in total. The Morgan fingerprint density at radius 2 is 2.47 bits per heavy atom. The number of H-pyrrole nitrogens is 1. The summed E-state index contributed by atoms with van der Waals surface area (Å²) in [5.41, 5.74) is 6.84. The van der Waals surface area contributed by atoms with Crippen LogP contribution in [-0.2, 0) is 6.42 Å². The first-order valence-corrected chi connectivity index (χ1v) is 5.92. The highest BCUT2D eigenvalue weighted by molar-refractivity contribution is 7.07. The van der Waals surface area contributed by atoms with Crippen molar-refractivity contribution in [2.45, 2.75) is 25.7 Å². The number of nitrogens with one attached hydrogen (secondary N) is 1. The van der Waals surface area contributed by atoms with E-state index in [9.17, 15) is 0 Å². The van der Waals surface area contributed by atoms with E-state index in [1.165, 1.54) is 5.56 Å². The van der Waals surface area contributed by atoms with Crippen LogP contribution in [0.4, 0.5) is 5.95 Å². The zero-order valence-electron chi connectivity index (χ0n) is 8.60. The highest BCUT2D eigenvalue weighted by atomic mass is 32.1. The van der Waals surface area contributed by atoms with Crippen LogP contribution < -0.4 is 5.73 Å². The van der Waals surface area contributed by atoms with E-state index in [0.717, 1.165) is 18.7 Å². The largest absolute Gasteiger partial charge is 0.367 e. The Labute approximate surface area is 92.5 Å². The summed E-state index contributed by atoms with van der Waals surface area (Å²) in [5.74, 6) is 1.60. The molecule has 2 aromatic rings. The van der Waals surface area contributed by atoms with Gasteiger partial charge in [-0.1, -0.05) is 6.92 Å². The molecule has 0 saturated heterocycles. The van der Waals surface area contributed by atoms with Gasteiger partial charge in [0.05, 0.1) is 0 Å². The van der Waals surface area contributed by atoms with Crippen molar-refractivity contribution in [1.82, 2.24) is 15.2 Å². The van der Waals surface area contributed by atoms with E-state index in [-0.39, 0.29) is 0 Å². The molecular formula is C10H14N4S. The molecule has 2 rings (SSSR count). The Morgan fingerprint density at radius 1 is 1.60 bits per heavy atom. The Bertz CT molecular complexity index is 407. The van der Waals surface area contributed by atoms with Crippen molar-refractivity contribution in [2.75, 3.05) is 5.73 Å². The van der Waals surface area contributed by atoms with Crippen LogP contribution in [0.1, 0.15) is 30.7 Å². The Balaban J connectivity index is 2.11. The number of aromatic amines is 1. The Hall–Kier alpha value is -1.36. The van der Waals surface area contributed by atoms with Crippen molar-refractivity contribution in [1.29, 1.82) is 0 Å². The van der Waals surface area contributed by atoms with Crippen LogP contribution in [0.5, 0.6) is 0 Å². The molecule has 0 spiro atoms. The second kappa shape index (κ2) is 4.44. The molecule has 1 unspecified atom stereocenters. The zero-order chi connectivity index (χ0) is 10.7. The number of hydrogen-bond acceptors (Lipinski definition) is 4. The summed E-state index contributed by atoms with van der Waals surface area (Å²) in [6.45, 7) is 2.15. The molecule has 15 heavy (non-hydrogen) atoms. The first-order chi connectivity index (χ1) is 7.29. The van der Waals surface area contributed by atoms with Crippen LogP contribution in [0, 0.1) is 0 Å². The maximum absolute atomic E-state index is 5.49. The highest BCUT2D eigenvalue weighted by Gasteiger charge is 2.14. The van der Waals surface area contributed by atoms with Gasteiger partial charge < -0.3 is 5.73 Å². The fourth-order valence-corrected chi connectivity index (χ4v) is 2.28. The van der Waals surface area contributed by atoms with Gasteiger partial charge >= 0.3 is 0 Å². The van der Waals surface area contributed by atoms with Crippen LogP contribution in [0.2, 0.25) is 0 Å². The van der Waals surface area contributed by atoms with Crippen LogP contribution in [0.3, 0.4) is 0 Å². The highest BCUT2D eigenvalue weighted by Crippen LogP contribution is 2.22. The summed E-state index contributed by atoms with van der Waals surface area (Å²) in [6, 6.07) is 2.15. The molecule has 3 N–H and O–H groups in total. The third-order valence-electron chi connectivity index (χ3n) is 2.46. The lowest BCUT2D eigenvalue weighted by atomic mass is 9.98. The van der Waals surface area contributed by atoms with E-state index >= 15 is 0 Å². The molecule has 0 aliphatic heterocycles. The number of nitrogen functional groups attached to an aromatic ring is 1. The molecule has 0 amide bonds. The van der Waals surface area contributed by atoms with Gasteiger partial charge in [0.2, 0.25) is 5.95 Å². The van der Waals surface area contributed by atoms with Gasteiger partial charge in [-0.15, -0.1) is 5.10 Å². The summed E-state index contributed by atoms with van der Waals surface area (Å²) >= 11 is 1.72. The van der Waals surface area contributed by atoms with E-state index in [1.807, 2.05) is 0 Å². The minimum Gasteiger partial charge on any atom is -0.367 e. The molecular weight excluding hydrogens is 208 g/mol.